The van der Waals surface area contributed by atoms with Crippen LogP contribution in [0.5, 0.6) is 5.75 Å². The minimum atomic E-state index is 0.0125. The Kier molecular flexibility index (Phi) is 5.44. The van der Waals surface area contributed by atoms with Crippen LogP contribution in [-0.2, 0) is 4.79 Å². The van der Waals surface area contributed by atoms with E-state index in [9.17, 15) is 9.90 Å². The highest BCUT2D eigenvalue weighted by Crippen LogP contribution is 2.18. The molecule has 0 unspecified atom stereocenters. The Labute approximate surface area is 126 Å². The molecule has 5 nitrogen and oxygen atoms in total. The van der Waals surface area contributed by atoms with Crippen LogP contribution < -0.4 is 15.1 Å². The number of nitrogens with zero attached hydrogens (tertiary/aromatic N) is 1. The lowest BCUT2D eigenvalue weighted by atomic mass is 10.2. The van der Waals surface area contributed by atoms with Gasteiger partial charge in [0.1, 0.15) is 5.75 Å². The molecule has 1 heterocycles. The van der Waals surface area contributed by atoms with Crippen molar-refractivity contribution in [3.63, 3.8) is 0 Å². The molecule has 1 aliphatic rings. The molecule has 0 aromatic heterocycles. The highest BCUT2D eigenvalue weighted by atomic mass is 16.3. The van der Waals surface area contributed by atoms with Gasteiger partial charge in [-0.3, -0.25) is 4.79 Å². The van der Waals surface area contributed by atoms with Crippen molar-refractivity contribution in [1.82, 2.24) is 5.32 Å². The molecule has 2 rings (SSSR count). The van der Waals surface area contributed by atoms with E-state index < -0.39 is 0 Å². The standard InChI is InChI=1S/C16H25N3O2/c1-3-8-17-16(21)13(2)18-9-11-19(12-10-18)14-4-6-15(20)7-5-14/h4-7,13,20H,3,8-12H2,1-2H3,(H,17,21)/p+1/t13-/m0/s1. The van der Waals surface area contributed by atoms with Crippen LogP contribution >= 0.6 is 0 Å². The SMILES string of the molecule is CCCNC(=O)[C@H](C)[NH+]1CCN(c2ccc(O)cc2)CC1. The summed E-state index contributed by atoms with van der Waals surface area (Å²) in [5, 5.41) is 12.3. The van der Waals surface area contributed by atoms with Crippen molar-refractivity contribution >= 4 is 11.6 Å². The second-order valence-corrected chi connectivity index (χ2v) is 5.67. The molecule has 0 spiro atoms. The number of phenols is 1. The maximum absolute atomic E-state index is 12.0. The molecule has 1 aromatic rings. The second-order valence-electron chi connectivity index (χ2n) is 5.67. The first kappa shape index (κ1) is 15.6. The van der Waals surface area contributed by atoms with Gasteiger partial charge in [-0.25, -0.2) is 0 Å². The van der Waals surface area contributed by atoms with Gasteiger partial charge in [0.25, 0.3) is 5.91 Å². The molecule has 1 fully saturated rings. The van der Waals surface area contributed by atoms with Crippen LogP contribution in [0.4, 0.5) is 5.69 Å². The lowest BCUT2D eigenvalue weighted by Gasteiger charge is -2.36. The van der Waals surface area contributed by atoms with Crippen molar-refractivity contribution in [2.24, 2.45) is 0 Å². The van der Waals surface area contributed by atoms with Crippen LogP contribution in [0.15, 0.2) is 24.3 Å². The number of anilines is 1. The van der Waals surface area contributed by atoms with Gasteiger partial charge in [0.05, 0.1) is 26.2 Å². The fraction of sp³-hybridized carbons (Fsp3) is 0.562. The number of carbonyl (C=O) groups excluding carboxylic acids is 1. The average Bonchev–Trinajstić information content (AvgIpc) is 2.53. The van der Waals surface area contributed by atoms with Crippen molar-refractivity contribution < 1.29 is 14.8 Å². The van der Waals surface area contributed by atoms with Gasteiger partial charge in [0.2, 0.25) is 0 Å². The molecule has 0 radical (unpaired) electrons. The monoisotopic (exact) mass is 292 g/mol. The van der Waals surface area contributed by atoms with E-state index in [2.05, 4.69) is 17.1 Å². The first-order chi connectivity index (χ1) is 10.1. The quantitative estimate of drug-likeness (QED) is 0.717. The zero-order valence-corrected chi connectivity index (χ0v) is 12.9. The Hall–Kier alpha value is -1.75. The van der Waals surface area contributed by atoms with Crippen molar-refractivity contribution in [3.05, 3.63) is 24.3 Å². The van der Waals surface area contributed by atoms with Crippen LogP contribution in [0.3, 0.4) is 0 Å². The van der Waals surface area contributed by atoms with Crippen LogP contribution in [0, 0.1) is 0 Å². The van der Waals surface area contributed by atoms with Crippen LogP contribution in [0.1, 0.15) is 20.3 Å². The molecule has 1 aliphatic heterocycles. The summed E-state index contributed by atoms with van der Waals surface area (Å²) in [6.45, 7) is 8.63. The predicted molar refractivity (Wildman–Crippen MR) is 83.8 cm³/mol. The summed E-state index contributed by atoms with van der Waals surface area (Å²) in [5.74, 6) is 0.453. The summed E-state index contributed by atoms with van der Waals surface area (Å²) in [4.78, 5) is 15.7. The molecular formula is C16H26N3O2+. The number of nitrogens with one attached hydrogen (secondary N) is 2. The van der Waals surface area contributed by atoms with Crippen molar-refractivity contribution in [3.8, 4) is 5.75 Å². The van der Waals surface area contributed by atoms with Crippen LogP contribution in [-0.4, -0.2) is 49.8 Å². The third-order valence-corrected chi connectivity index (χ3v) is 4.18. The number of benzene rings is 1. The molecule has 116 valence electrons. The molecule has 5 heteroatoms. The summed E-state index contributed by atoms with van der Waals surface area (Å²) in [5.41, 5.74) is 1.13. The second kappa shape index (κ2) is 7.31. The maximum atomic E-state index is 12.0. The first-order valence-electron chi connectivity index (χ1n) is 7.78. The highest BCUT2D eigenvalue weighted by Gasteiger charge is 2.28. The molecule has 3 N–H and O–H groups in total. The molecule has 0 saturated carbocycles. The number of hydrogen-bond donors (Lipinski definition) is 3. The zero-order valence-electron chi connectivity index (χ0n) is 12.9. The number of phenolic OH excluding ortho intramolecular Hbond substituents is 1. The zero-order chi connectivity index (χ0) is 15.2. The molecule has 21 heavy (non-hydrogen) atoms. The van der Waals surface area contributed by atoms with Gasteiger partial charge in [-0.05, 0) is 37.6 Å². The minimum Gasteiger partial charge on any atom is -0.508 e. The smallest absolute Gasteiger partial charge is 0.278 e. The van der Waals surface area contributed by atoms with Crippen molar-refractivity contribution in [2.75, 3.05) is 37.6 Å². The normalized spacial score (nSPS) is 17.5. The molecule has 1 aromatic carbocycles. The van der Waals surface area contributed by atoms with Gasteiger partial charge < -0.3 is 20.2 Å². The Bertz CT molecular complexity index is 453. The van der Waals surface area contributed by atoms with E-state index in [0.29, 0.717) is 5.75 Å². The van der Waals surface area contributed by atoms with Gasteiger partial charge in [-0.1, -0.05) is 6.92 Å². The number of piperazine rings is 1. The third-order valence-electron chi connectivity index (χ3n) is 4.18. The fourth-order valence-electron chi connectivity index (χ4n) is 2.74. The first-order valence-corrected chi connectivity index (χ1v) is 7.78. The summed E-state index contributed by atoms with van der Waals surface area (Å²) in [6, 6.07) is 7.33. The van der Waals surface area contributed by atoms with Gasteiger partial charge in [-0.15, -0.1) is 0 Å². The largest absolute Gasteiger partial charge is 0.508 e. The van der Waals surface area contributed by atoms with Crippen molar-refractivity contribution in [2.45, 2.75) is 26.3 Å². The van der Waals surface area contributed by atoms with Crippen molar-refractivity contribution in [1.29, 1.82) is 0 Å². The number of hydrogen-bond acceptors (Lipinski definition) is 3. The molecule has 0 aliphatic carbocycles. The summed E-state index contributed by atoms with van der Waals surface area (Å²) >= 11 is 0. The Morgan fingerprint density at radius 2 is 1.95 bits per heavy atom. The molecule has 1 atom stereocenters. The summed E-state index contributed by atoms with van der Waals surface area (Å²) in [7, 11) is 0. The third kappa shape index (κ3) is 4.11. The van der Waals surface area contributed by atoms with E-state index in [1.54, 1.807) is 12.1 Å². The van der Waals surface area contributed by atoms with E-state index in [0.717, 1.165) is 44.8 Å². The Morgan fingerprint density at radius 3 is 2.52 bits per heavy atom. The average molecular weight is 292 g/mol. The predicted octanol–water partition coefficient (Wildman–Crippen LogP) is 0.0118. The lowest BCUT2D eigenvalue weighted by Crippen LogP contribution is -3.19. The molecular weight excluding hydrogens is 266 g/mol. The van der Waals surface area contributed by atoms with Gasteiger partial charge in [0, 0.05) is 12.2 Å². The fourth-order valence-corrected chi connectivity index (χ4v) is 2.74. The topological polar surface area (TPSA) is 57.0 Å². The Balaban J connectivity index is 1.85. The number of aromatic hydroxyl groups is 1. The Morgan fingerprint density at radius 1 is 1.33 bits per heavy atom. The van der Waals surface area contributed by atoms with Crippen LogP contribution in [0.25, 0.3) is 0 Å². The van der Waals surface area contributed by atoms with Gasteiger partial charge in [0.15, 0.2) is 6.04 Å². The van der Waals surface area contributed by atoms with E-state index in [-0.39, 0.29) is 11.9 Å². The molecule has 0 bridgehead atoms. The van der Waals surface area contributed by atoms with Gasteiger partial charge in [-0.2, -0.15) is 0 Å². The number of quaternary nitrogens is 1. The minimum absolute atomic E-state index is 0.0125. The number of rotatable bonds is 5. The number of carbonyl (C=O) groups is 1. The highest BCUT2D eigenvalue weighted by molar-refractivity contribution is 5.79. The lowest BCUT2D eigenvalue weighted by molar-refractivity contribution is -0.914. The van der Waals surface area contributed by atoms with Gasteiger partial charge >= 0.3 is 0 Å². The summed E-state index contributed by atoms with van der Waals surface area (Å²) in [6.07, 6.45) is 0.975. The maximum Gasteiger partial charge on any atom is 0.278 e. The number of amides is 1. The molecule has 1 saturated heterocycles. The summed E-state index contributed by atoms with van der Waals surface area (Å²) < 4.78 is 0. The van der Waals surface area contributed by atoms with E-state index >= 15 is 0 Å². The van der Waals surface area contributed by atoms with E-state index in [1.165, 1.54) is 4.90 Å². The van der Waals surface area contributed by atoms with E-state index in [4.69, 9.17) is 0 Å². The van der Waals surface area contributed by atoms with Crippen LogP contribution in [0.2, 0.25) is 0 Å². The molecule has 1 amide bonds. The van der Waals surface area contributed by atoms with E-state index in [1.807, 2.05) is 19.1 Å².